The number of anilines is 2. The molecule has 1 atom stereocenters. The number of nitrogens with one attached hydrogen (secondary N) is 2. The average molecular weight is 447 g/mol. The maximum absolute atomic E-state index is 13.2. The molecule has 33 heavy (non-hydrogen) atoms. The van der Waals surface area contributed by atoms with Gasteiger partial charge in [-0.1, -0.05) is 30.3 Å². The van der Waals surface area contributed by atoms with E-state index < -0.39 is 11.6 Å². The van der Waals surface area contributed by atoms with E-state index >= 15 is 0 Å². The lowest BCUT2D eigenvalue weighted by Gasteiger charge is -2.46. The van der Waals surface area contributed by atoms with Gasteiger partial charge in [0.15, 0.2) is 0 Å². The van der Waals surface area contributed by atoms with Crippen molar-refractivity contribution >= 4 is 29.3 Å². The normalized spacial score (nSPS) is 23.9. The molecule has 0 radical (unpaired) electrons. The fraction of sp³-hybridized carbons (Fsp3) is 0.423. The standard InChI is InChI=1S/C26H30N4O3/c1-25(2)22(31)30(24(33)28-25)20-11-5-10-19(16-20)27-23(32)29-15-7-14-26(17-29)13-6-9-18-8-3-4-12-21(18)26/h3-5,8,10-12,16H,6-7,9,13-15,17H2,1-2H3,(H,27,32)(H,28,33). The predicted octanol–water partition coefficient (Wildman–Crippen LogP) is 4.42. The second kappa shape index (κ2) is 7.90. The van der Waals surface area contributed by atoms with Crippen LogP contribution >= 0.6 is 0 Å². The molecule has 1 aliphatic carbocycles. The van der Waals surface area contributed by atoms with E-state index in [2.05, 4.69) is 34.9 Å². The van der Waals surface area contributed by atoms with E-state index in [0.717, 1.165) is 43.5 Å². The summed E-state index contributed by atoms with van der Waals surface area (Å²) in [7, 11) is 0. The lowest BCUT2D eigenvalue weighted by atomic mass is 9.66. The molecule has 2 heterocycles. The van der Waals surface area contributed by atoms with Crippen molar-refractivity contribution in [2.24, 2.45) is 0 Å². The Labute approximate surface area is 194 Å². The number of imide groups is 1. The maximum atomic E-state index is 13.2. The molecule has 172 valence electrons. The van der Waals surface area contributed by atoms with Crippen molar-refractivity contribution in [3.05, 3.63) is 59.7 Å². The van der Waals surface area contributed by atoms with Crippen molar-refractivity contribution in [1.29, 1.82) is 0 Å². The highest BCUT2D eigenvalue weighted by Gasteiger charge is 2.45. The van der Waals surface area contributed by atoms with E-state index in [4.69, 9.17) is 0 Å². The van der Waals surface area contributed by atoms with Crippen molar-refractivity contribution in [3.63, 3.8) is 0 Å². The van der Waals surface area contributed by atoms with Crippen LogP contribution in [0.15, 0.2) is 48.5 Å². The van der Waals surface area contributed by atoms with Gasteiger partial charge in [0.25, 0.3) is 5.91 Å². The van der Waals surface area contributed by atoms with Gasteiger partial charge in [-0.15, -0.1) is 0 Å². The first kappa shape index (κ1) is 21.5. The second-order valence-electron chi connectivity index (χ2n) is 9.99. The molecule has 0 bridgehead atoms. The van der Waals surface area contributed by atoms with Crippen LogP contribution in [0, 0.1) is 0 Å². The predicted molar refractivity (Wildman–Crippen MR) is 127 cm³/mol. The quantitative estimate of drug-likeness (QED) is 0.670. The molecule has 3 aliphatic rings. The van der Waals surface area contributed by atoms with Crippen LogP contribution in [0.4, 0.5) is 21.0 Å². The van der Waals surface area contributed by atoms with Crippen LogP contribution in [0.3, 0.4) is 0 Å². The molecule has 2 aromatic rings. The fourth-order valence-corrected chi connectivity index (χ4v) is 5.64. The highest BCUT2D eigenvalue weighted by molar-refractivity contribution is 6.23. The zero-order valence-electron chi connectivity index (χ0n) is 19.2. The van der Waals surface area contributed by atoms with Crippen LogP contribution in [0.1, 0.15) is 50.7 Å². The topological polar surface area (TPSA) is 81.8 Å². The van der Waals surface area contributed by atoms with Gasteiger partial charge in [-0.05, 0) is 75.3 Å². The van der Waals surface area contributed by atoms with Gasteiger partial charge in [-0.2, -0.15) is 0 Å². The molecule has 7 heteroatoms. The van der Waals surface area contributed by atoms with Gasteiger partial charge in [0.05, 0.1) is 5.69 Å². The van der Waals surface area contributed by atoms with E-state index in [0.29, 0.717) is 17.9 Å². The van der Waals surface area contributed by atoms with Crippen LogP contribution in [0.25, 0.3) is 0 Å². The zero-order chi connectivity index (χ0) is 23.2. The minimum atomic E-state index is -0.950. The third-order valence-electron chi connectivity index (χ3n) is 7.27. The van der Waals surface area contributed by atoms with E-state index in [1.165, 1.54) is 11.1 Å². The first-order valence-corrected chi connectivity index (χ1v) is 11.7. The second-order valence-corrected chi connectivity index (χ2v) is 9.99. The smallest absolute Gasteiger partial charge is 0.324 e. The van der Waals surface area contributed by atoms with Gasteiger partial charge < -0.3 is 15.5 Å². The summed E-state index contributed by atoms with van der Waals surface area (Å²) in [4.78, 5) is 41.3. The number of hydrogen-bond acceptors (Lipinski definition) is 3. The molecule has 2 fully saturated rings. The Balaban J connectivity index is 1.33. The molecule has 7 nitrogen and oxygen atoms in total. The van der Waals surface area contributed by atoms with Gasteiger partial charge in [0.2, 0.25) is 0 Å². The molecule has 0 aromatic heterocycles. The number of fused-ring (bicyclic) bond motifs is 2. The molecule has 2 aliphatic heterocycles. The summed E-state index contributed by atoms with van der Waals surface area (Å²) in [5, 5.41) is 5.68. The lowest BCUT2D eigenvalue weighted by Crippen LogP contribution is -2.51. The third kappa shape index (κ3) is 3.75. The van der Waals surface area contributed by atoms with E-state index in [1.807, 2.05) is 4.90 Å². The molecule has 2 N–H and O–H groups in total. The van der Waals surface area contributed by atoms with Crippen LogP contribution in [0.2, 0.25) is 0 Å². The minimum absolute atomic E-state index is 0.0257. The first-order chi connectivity index (χ1) is 15.8. The molecule has 5 rings (SSSR count). The number of urea groups is 2. The third-order valence-corrected chi connectivity index (χ3v) is 7.27. The Hall–Kier alpha value is -3.35. The molecule has 1 spiro atoms. The molecule has 2 aromatic carbocycles. The molecule has 1 unspecified atom stereocenters. The van der Waals surface area contributed by atoms with Gasteiger partial charge in [0.1, 0.15) is 5.54 Å². The Bertz CT molecular complexity index is 1130. The van der Waals surface area contributed by atoms with Crippen LogP contribution in [-0.2, 0) is 16.6 Å². The van der Waals surface area contributed by atoms with Crippen molar-refractivity contribution in [2.75, 3.05) is 23.3 Å². The summed E-state index contributed by atoms with van der Waals surface area (Å²) in [6.07, 6.45) is 5.43. The molecule has 2 saturated heterocycles. The number of benzene rings is 2. The Morgan fingerprint density at radius 1 is 1.03 bits per heavy atom. The number of nitrogens with zero attached hydrogens (tertiary/aromatic N) is 2. The number of aryl methyl sites for hydroxylation is 1. The SMILES string of the molecule is CC1(C)NC(=O)N(c2cccc(NC(=O)N3CCCC4(CCCc5ccccc54)C3)c2)C1=O. The van der Waals surface area contributed by atoms with Crippen molar-refractivity contribution in [3.8, 4) is 0 Å². The van der Waals surface area contributed by atoms with Crippen LogP contribution < -0.4 is 15.5 Å². The summed E-state index contributed by atoms with van der Waals surface area (Å²) in [5.41, 5.74) is 2.89. The molecule has 5 amide bonds. The highest BCUT2D eigenvalue weighted by atomic mass is 16.2. The number of hydrogen-bond donors (Lipinski definition) is 2. The molecular weight excluding hydrogens is 416 g/mol. The summed E-state index contributed by atoms with van der Waals surface area (Å²) < 4.78 is 0. The maximum Gasteiger partial charge on any atom is 0.329 e. The number of carbonyl (C=O) groups excluding carboxylic acids is 3. The van der Waals surface area contributed by atoms with Gasteiger partial charge in [-0.3, -0.25) is 4.79 Å². The number of rotatable bonds is 2. The fourth-order valence-electron chi connectivity index (χ4n) is 5.64. The largest absolute Gasteiger partial charge is 0.329 e. The number of likely N-dealkylation sites (tertiary alicyclic amines) is 1. The zero-order valence-corrected chi connectivity index (χ0v) is 19.2. The van der Waals surface area contributed by atoms with Crippen molar-refractivity contribution < 1.29 is 14.4 Å². The number of carbonyl (C=O) groups is 3. The summed E-state index contributed by atoms with van der Waals surface area (Å²) >= 11 is 0. The van der Waals surface area contributed by atoms with E-state index in [9.17, 15) is 14.4 Å². The number of amides is 5. The van der Waals surface area contributed by atoms with E-state index in [1.54, 1.807) is 38.1 Å². The minimum Gasteiger partial charge on any atom is -0.324 e. The van der Waals surface area contributed by atoms with Crippen LogP contribution in [-0.4, -0.2) is 41.5 Å². The Morgan fingerprint density at radius 2 is 1.82 bits per heavy atom. The number of piperidine rings is 1. The van der Waals surface area contributed by atoms with Crippen LogP contribution in [0.5, 0.6) is 0 Å². The van der Waals surface area contributed by atoms with E-state index in [-0.39, 0.29) is 17.4 Å². The Morgan fingerprint density at radius 3 is 2.61 bits per heavy atom. The lowest BCUT2D eigenvalue weighted by molar-refractivity contribution is -0.121. The highest BCUT2D eigenvalue weighted by Crippen LogP contribution is 2.43. The molecular formula is C26H30N4O3. The van der Waals surface area contributed by atoms with Crippen molar-refractivity contribution in [1.82, 2.24) is 10.2 Å². The first-order valence-electron chi connectivity index (χ1n) is 11.7. The van der Waals surface area contributed by atoms with Gasteiger partial charge >= 0.3 is 12.1 Å². The average Bonchev–Trinajstić information content (AvgIpc) is 3.00. The van der Waals surface area contributed by atoms with Gasteiger partial charge in [-0.25, -0.2) is 14.5 Å². The van der Waals surface area contributed by atoms with Gasteiger partial charge in [0, 0.05) is 24.2 Å². The monoisotopic (exact) mass is 446 g/mol. The van der Waals surface area contributed by atoms with Crippen molar-refractivity contribution in [2.45, 2.75) is 56.9 Å². The molecule has 0 saturated carbocycles. The summed E-state index contributed by atoms with van der Waals surface area (Å²) in [5.74, 6) is -0.315. The summed E-state index contributed by atoms with van der Waals surface area (Å²) in [6.45, 7) is 4.77. The Kier molecular flexibility index (Phi) is 5.15. The summed E-state index contributed by atoms with van der Waals surface area (Å²) in [6, 6.07) is 15.0.